The number of nitrogens with zero attached hydrogens (tertiary/aromatic N) is 1. The standard InChI is InChI=1S/C9H19N3O/c10-4-1-8-2-5-12(6-3-8)9(13)7-11/h8H,1-7,10-11H2. The first kappa shape index (κ1) is 10.5. The van der Waals surface area contributed by atoms with Crippen molar-refractivity contribution in [3.63, 3.8) is 0 Å². The Labute approximate surface area is 79.3 Å². The summed E-state index contributed by atoms with van der Waals surface area (Å²) in [5.41, 5.74) is 10.8. The molecule has 1 aliphatic rings. The second-order valence-corrected chi connectivity index (χ2v) is 3.61. The molecule has 0 aromatic carbocycles. The van der Waals surface area contributed by atoms with Gasteiger partial charge in [0, 0.05) is 13.1 Å². The molecule has 1 amide bonds. The van der Waals surface area contributed by atoms with E-state index in [9.17, 15) is 4.79 Å². The minimum atomic E-state index is 0.0752. The van der Waals surface area contributed by atoms with Crippen LogP contribution in [0.15, 0.2) is 0 Å². The number of rotatable bonds is 3. The Kier molecular flexibility index (Phi) is 4.18. The molecule has 0 aliphatic carbocycles. The summed E-state index contributed by atoms with van der Waals surface area (Å²) < 4.78 is 0. The normalized spacial score (nSPS) is 19.1. The fourth-order valence-electron chi connectivity index (χ4n) is 1.84. The molecule has 0 atom stereocenters. The molecule has 1 rings (SSSR count). The monoisotopic (exact) mass is 185 g/mol. The molecule has 1 fully saturated rings. The average molecular weight is 185 g/mol. The molecule has 1 aliphatic heterocycles. The highest BCUT2D eigenvalue weighted by molar-refractivity contribution is 5.78. The van der Waals surface area contributed by atoms with Crippen LogP contribution in [0, 0.1) is 5.92 Å². The van der Waals surface area contributed by atoms with Crippen LogP contribution in [0.1, 0.15) is 19.3 Å². The molecule has 0 unspecified atom stereocenters. The maximum Gasteiger partial charge on any atom is 0.236 e. The highest BCUT2D eigenvalue weighted by Gasteiger charge is 2.20. The van der Waals surface area contributed by atoms with Crippen LogP contribution in [0.3, 0.4) is 0 Å². The van der Waals surface area contributed by atoms with Gasteiger partial charge < -0.3 is 16.4 Å². The van der Waals surface area contributed by atoms with Crippen LogP contribution in [0.2, 0.25) is 0 Å². The Morgan fingerprint density at radius 2 is 1.92 bits per heavy atom. The maximum absolute atomic E-state index is 11.2. The maximum atomic E-state index is 11.2. The van der Waals surface area contributed by atoms with Gasteiger partial charge in [0.25, 0.3) is 0 Å². The number of likely N-dealkylation sites (tertiary alicyclic amines) is 1. The van der Waals surface area contributed by atoms with Crippen molar-refractivity contribution >= 4 is 5.91 Å². The quantitative estimate of drug-likeness (QED) is 0.624. The fourth-order valence-corrected chi connectivity index (χ4v) is 1.84. The Hall–Kier alpha value is -0.610. The van der Waals surface area contributed by atoms with E-state index in [0.29, 0.717) is 5.92 Å². The predicted molar refractivity (Wildman–Crippen MR) is 52.0 cm³/mol. The molecule has 4 nitrogen and oxygen atoms in total. The fraction of sp³-hybridized carbons (Fsp3) is 0.889. The smallest absolute Gasteiger partial charge is 0.236 e. The van der Waals surface area contributed by atoms with Gasteiger partial charge in [-0.2, -0.15) is 0 Å². The molecule has 13 heavy (non-hydrogen) atoms. The third-order valence-corrected chi connectivity index (χ3v) is 2.72. The molecule has 76 valence electrons. The first-order valence-electron chi connectivity index (χ1n) is 4.95. The largest absolute Gasteiger partial charge is 0.342 e. The number of carbonyl (C=O) groups is 1. The molecule has 0 aromatic rings. The van der Waals surface area contributed by atoms with Crippen LogP contribution in [-0.4, -0.2) is 37.0 Å². The van der Waals surface area contributed by atoms with E-state index in [2.05, 4.69) is 0 Å². The predicted octanol–water partition coefficient (Wildman–Crippen LogP) is -0.467. The summed E-state index contributed by atoms with van der Waals surface area (Å²) in [6.45, 7) is 2.62. The van der Waals surface area contributed by atoms with Gasteiger partial charge in [-0.05, 0) is 31.7 Å². The number of piperidine rings is 1. The molecule has 1 saturated heterocycles. The van der Waals surface area contributed by atoms with Crippen molar-refractivity contribution in [1.82, 2.24) is 4.90 Å². The van der Waals surface area contributed by atoms with E-state index >= 15 is 0 Å². The Morgan fingerprint density at radius 1 is 1.31 bits per heavy atom. The van der Waals surface area contributed by atoms with Gasteiger partial charge in [0.1, 0.15) is 0 Å². The van der Waals surface area contributed by atoms with Crippen molar-refractivity contribution in [3.8, 4) is 0 Å². The molecule has 0 saturated carbocycles. The third kappa shape index (κ3) is 2.97. The number of carbonyl (C=O) groups excluding carboxylic acids is 1. The molecular formula is C9H19N3O. The summed E-state index contributed by atoms with van der Waals surface area (Å²) in [7, 11) is 0. The minimum absolute atomic E-state index is 0.0752. The lowest BCUT2D eigenvalue weighted by molar-refractivity contribution is -0.131. The molecule has 4 heteroatoms. The summed E-state index contributed by atoms with van der Waals surface area (Å²) in [5.74, 6) is 0.790. The van der Waals surface area contributed by atoms with Crippen LogP contribution < -0.4 is 11.5 Å². The van der Waals surface area contributed by atoms with Gasteiger partial charge in [0.05, 0.1) is 6.54 Å². The van der Waals surface area contributed by atoms with Crippen molar-refractivity contribution in [1.29, 1.82) is 0 Å². The molecule has 1 heterocycles. The number of hydrogen-bond acceptors (Lipinski definition) is 3. The van der Waals surface area contributed by atoms with Gasteiger partial charge >= 0.3 is 0 Å². The highest BCUT2D eigenvalue weighted by atomic mass is 16.2. The molecule has 0 aromatic heterocycles. The lowest BCUT2D eigenvalue weighted by atomic mass is 9.93. The van der Waals surface area contributed by atoms with Gasteiger partial charge in [-0.25, -0.2) is 0 Å². The van der Waals surface area contributed by atoms with Crippen molar-refractivity contribution in [2.45, 2.75) is 19.3 Å². The van der Waals surface area contributed by atoms with E-state index in [-0.39, 0.29) is 12.5 Å². The molecular weight excluding hydrogens is 166 g/mol. The summed E-state index contributed by atoms with van der Waals surface area (Å²) in [5, 5.41) is 0. The molecule has 4 N–H and O–H groups in total. The Balaban J connectivity index is 2.26. The van der Waals surface area contributed by atoms with E-state index in [1.165, 1.54) is 0 Å². The first-order chi connectivity index (χ1) is 6.27. The van der Waals surface area contributed by atoms with Crippen molar-refractivity contribution in [2.24, 2.45) is 17.4 Å². The van der Waals surface area contributed by atoms with Gasteiger partial charge in [-0.3, -0.25) is 4.79 Å². The Morgan fingerprint density at radius 3 is 2.38 bits per heavy atom. The summed E-state index contributed by atoms with van der Waals surface area (Å²) >= 11 is 0. The topological polar surface area (TPSA) is 72.3 Å². The van der Waals surface area contributed by atoms with Crippen LogP contribution in [0.25, 0.3) is 0 Å². The number of hydrogen-bond donors (Lipinski definition) is 2. The van der Waals surface area contributed by atoms with E-state index in [0.717, 1.165) is 38.9 Å². The summed E-state index contributed by atoms with van der Waals surface area (Å²) in [6.07, 6.45) is 3.26. The average Bonchev–Trinajstić information content (AvgIpc) is 2.18. The highest BCUT2D eigenvalue weighted by Crippen LogP contribution is 2.19. The number of nitrogens with two attached hydrogens (primary N) is 2. The van der Waals surface area contributed by atoms with E-state index < -0.39 is 0 Å². The number of amides is 1. The van der Waals surface area contributed by atoms with Crippen molar-refractivity contribution in [3.05, 3.63) is 0 Å². The third-order valence-electron chi connectivity index (χ3n) is 2.72. The van der Waals surface area contributed by atoms with Crippen molar-refractivity contribution < 1.29 is 4.79 Å². The lowest BCUT2D eigenvalue weighted by Crippen LogP contribution is -2.41. The second kappa shape index (κ2) is 5.19. The van der Waals surface area contributed by atoms with Gasteiger partial charge in [-0.1, -0.05) is 0 Å². The van der Waals surface area contributed by atoms with Gasteiger partial charge in [-0.15, -0.1) is 0 Å². The first-order valence-corrected chi connectivity index (χ1v) is 4.95. The van der Waals surface area contributed by atoms with E-state index in [4.69, 9.17) is 11.5 Å². The molecule has 0 bridgehead atoms. The lowest BCUT2D eigenvalue weighted by Gasteiger charge is -2.31. The van der Waals surface area contributed by atoms with Gasteiger partial charge in [0.2, 0.25) is 5.91 Å². The minimum Gasteiger partial charge on any atom is -0.342 e. The van der Waals surface area contributed by atoms with Crippen LogP contribution in [0.4, 0.5) is 0 Å². The van der Waals surface area contributed by atoms with Crippen LogP contribution in [0.5, 0.6) is 0 Å². The van der Waals surface area contributed by atoms with Gasteiger partial charge in [0.15, 0.2) is 0 Å². The molecule has 0 radical (unpaired) electrons. The SMILES string of the molecule is NCCC1CCN(C(=O)CN)CC1. The molecule has 0 spiro atoms. The summed E-state index contributed by atoms with van der Waals surface area (Å²) in [6, 6.07) is 0. The zero-order chi connectivity index (χ0) is 9.68. The zero-order valence-electron chi connectivity index (χ0n) is 8.04. The zero-order valence-corrected chi connectivity index (χ0v) is 8.04. The second-order valence-electron chi connectivity index (χ2n) is 3.61. The van der Waals surface area contributed by atoms with Crippen molar-refractivity contribution in [2.75, 3.05) is 26.2 Å². The van der Waals surface area contributed by atoms with Crippen LogP contribution in [-0.2, 0) is 4.79 Å². The Bertz CT molecular complexity index is 164. The summed E-state index contributed by atoms with van der Waals surface area (Å²) in [4.78, 5) is 13.1. The van der Waals surface area contributed by atoms with Crippen LogP contribution >= 0.6 is 0 Å². The van der Waals surface area contributed by atoms with E-state index in [1.807, 2.05) is 4.90 Å². The van der Waals surface area contributed by atoms with E-state index in [1.54, 1.807) is 0 Å².